The van der Waals surface area contributed by atoms with Gasteiger partial charge in [-0.15, -0.1) is 0 Å². The van der Waals surface area contributed by atoms with Gasteiger partial charge in [-0.2, -0.15) is 5.10 Å². The lowest BCUT2D eigenvalue weighted by molar-refractivity contribution is 0.483. The molecule has 5 nitrogen and oxygen atoms in total. The molecule has 7 aromatic rings. The van der Waals surface area contributed by atoms with Crippen molar-refractivity contribution in [2.75, 3.05) is 0 Å². The van der Waals surface area contributed by atoms with Gasteiger partial charge in [0, 0.05) is 40.9 Å². The lowest BCUT2D eigenvalue weighted by Crippen LogP contribution is -2.09. The quantitative estimate of drug-likeness (QED) is 0.139. The minimum absolute atomic E-state index is 0.565. The smallest absolute Gasteiger partial charge is 0.137 e. The number of aryl methyl sites for hydroxylation is 2. The molecule has 0 saturated heterocycles. The van der Waals surface area contributed by atoms with Gasteiger partial charge in [-0.3, -0.25) is 4.57 Å². The lowest BCUT2D eigenvalue weighted by Gasteiger charge is -2.23. The Bertz CT molecular complexity index is 2300. The molecule has 7 rings (SSSR count). The molecule has 0 N–H and O–H groups in total. The average Bonchev–Trinajstić information content (AvgIpc) is 3.71. The molecule has 5 heteroatoms. The number of hydrogen-bond acceptors (Lipinski definition) is 3. The van der Waals surface area contributed by atoms with Crippen LogP contribution in [0.2, 0.25) is 0 Å². The normalized spacial score (nSPS) is 11.8. The number of hydrogen-bond donors (Lipinski definition) is 0. The van der Waals surface area contributed by atoms with Gasteiger partial charge >= 0.3 is 0 Å². The van der Waals surface area contributed by atoms with E-state index in [-0.39, 0.29) is 0 Å². The van der Waals surface area contributed by atoms with E-state index in [1.165, 1.54) is 49.7 Å². The predicted octanol–water partition coefficient (Wildman–Crippen LogP) is 11.7. The number of nitrogens with zero attached hydrogens (tertiary/aromatic N) is 4. The molecule has 0 aliphatic rings. The average molecular weight is 661 g/mol. The molecule has 3 aromatic heterocycles. The largest absolute Gasteiger partial charge is 0.457 e. The summed E-state index contributed by atoms with van der Waals surface area (Å²) in [4.78, 5) is 4.73. The van der Waals surface area contributed by atoms with Crippen LogP contribution < -0.4 is 4.74 Å². The highest BCUT2D eigenvalue weighted by atomic mass is 16.5. The van der Waals surface area contributed by atoms with Crippen LogP contribution in [-0.2, 0) is 25.7 Å². The van der Waals surface area contributed by atoms with E-state index in [9.17, 15) is 0 Å². The fraction of sp³-hybridized carbons (Fsp3) is 0.289. The summed E-state index contributed by atoms with van der Waals surface area (Å²) in [5.41, 5.74) is 12.8. The number of pyridine rings is 1. The van der Waals surface area contributed by atoms with Gasteiger partial charge in [-0.1, -0.05) is 71.9 Å². The fourth-order valence-corrected chi connectivity index (χ4v) is 7.58. The monoisotopic (exact) mass is 660 g/mol. The number of fused-ring (bicyclic) bond motifs is 3. The van der Waals surface area contributed by atoms with Crippen molar-refractivity contribution >= 4 is 21.8 Å². The van der Waals surface area contributed by atoms with Crippen molar-refractivity contribution in [2.24, 2.45) is 11.8 Å². The molecule has 0 amide bonds. The summed E-state index contributed by atoms with van der Waals surface area (Å²) in [5.74, 6) is 3.56. The Kier molecular flexibility index (Phi) is 9.33. The Labute approximate surface area is 296 Å². The standard InChI is InChI=1S/C45H48N4O/c1-8-32-24-33(21-29(3)4)45(41(22-30(5)6)38(32)9-2)34-27-47-48(28-34)35-13-12-14-36(25-35)50-37-17-18-40-39-15-10-11-16-42(39)49(43(40)26-37)44-23-31(7)19-20-46-44/h10-20,23-30H,8-9,21-22H2,1-7H3. The van der Waals surface area contributed by atoms with Crippen LogP contribution in [0.5, 0.6) is 11.5 Å². The Morgan fingerprint density at radius 1 is 0.700 bits per heavy atom. The van der Waals surface area contributed by atoms with Crippen LogP contribution in [0.25, 0.3) is 44.4 Å². The molecule has 0 atom stereocenters. The lowest BCUT2D eigenvalue weighted by atomic mass is 9.81. The van der Waals surface area contributed by atoms with Crippen molar-refractivity contribution < 1.29 is 4.74 Å². The number of para-hydroxylation sites is 1. The first kappa shape index (κ1) is 33.3. The molecule has 0 radical (unpaired) electrons. The second kappa shape index (κ2) is 14.0. The molecule has 4 aromatic carbocycles. The summed E-state index contributed by atoms with van der Waals surface area (Å²) in [6.45, 7) is 16.0. The molecule has 0 unspecified atom stereocenters. The van der Waals surface area contributed by atoms with Gasteiger partial charge in [0.2, 0.25) is 0 Å². The SMILES string of the molecule is CCc1cc(CC(C)C)c(-c2cnn(-c3cccc(Oc4ccc5c6ccccc6n(-c6cc(C)ccn6)c5c4)c3)c2)c(CC(C)C)c1CC. The molecule has 0 saturated carbocycles. The van der Waals surface area contributed by atoms with E-state index >= 15 is 0 Å². The van der Waals surface area contributed by atoms with Crippen molar-refractivity contribution in [2.45, 2.75) is 74.1 Å². The molecule has 0 fully saturated rings. The molecule has 0 aliphatic heterocycles. The van der Waals surface area contributed by atoms with Crippen molar-refractivity contribution in [1.29, 1.82) is 0 Å². The van der Waals surface area contributed by atoms with Gasteiger partial charge in [0.05, 0.1) is 22.9 Å². The maximum absolute atomic E-state index is 6.56. The van der Waals surface area contributed by atoms with Crippen molar-refractivity contribution in [3.63, 3.8) is 0 Å². The van der Waals surface area contributed by atoms with E-state index in [0.717, 1.165) is 59.7 Å². The highest BCUT2D eigenvalue weighted by molar-refractivity contribution is 6.09. The minimum atomic E-state index is 0.565. The Hall–Kier alpha value is -5.16. The summed E-state index contributed by atoms with van der Waals surface area (Å²) < 4.78 is 10.8. The van der Waals surface area contributed by atoms with E-state index in [0.29, 0.717) is 11.8 Å². The van der Waals surface area contributed by atoms with Crippen LogP contribution in [0.15, 0.2) is 104 Å². The molecular formula is C45H48N4O. The van der Waals surface area contributed by atoms with Gasteiger partial charge in [0.15, 0.2) is 0 Å². The van der Waals surface area contributed by atoms with Crippen LogP contribution in [0.3, 0.4) is 0 Å². The van der Waals surface area contributed by atoms with E-state index in [4.69, 9.17) is 14.8 Å². The number of ether oxygens (including phenoxy) is 1. The second-order valence-electron chi connectivity index (χ2n) is 14.4. The van der Waals surface area contributed by atoms with Gasteiger partial charge < -0.3 is 4.74 Å². The van der Waals surface area contributed by atoms with E-state index in [1.807, 2.05) is 35.3 Å². The number of benzene rings is 4. The van der Waals surface area contributed by atoms with Crippen LogP contribution in [0.1, 0.15) is 69.4 Å². The van der Waals surface area contributed by atoms with Crippen LogP contribution in [-0.4, -0.2) is 19.3 Å². The molecular weight excluding hydrogens is 613 g/mol. The van der Waals surface area contributed by atoms with Crippen molar-refractivity contribution in [1.82, 2.24) is 19.3 Å². The van der Waals surface area contributed by atoms with E-state index < -0.39 is 0 Å². The minimum Gasteiger partial charge on any atom is -0.457 e. The summed E-state index contributed by atoms with van der Waals surface area (Å²) in [5, 5.41) is 7.28. The first-order valence-electron chi connectivity index (χ1n) is 18.2. The molecule has 0 bridgehead atoms. The third kappa shape index (κ3) is 6.45. The van der Waals surface area contributed by atoms with E-state index in [1.54, 1.807) is 0 Å². The Balaban J connectivity index is 1.26. The highest BCUT2D eigenvalue weighted by Crippen LogP contribution is 2.38. The van der Waals surface area contributed by atoms with Gasteiger partial charge in [-0.05, 0) is 120 Å². The van der Waals surface area contributed by atoms with Gasteiger partial charge in [-0.25, -0.2) is 9.67 Å². The first-order valence-corrected chi connectivity index (χ1v) is 18.2. The molecule has 0 spiro atoms. The zero-order valence-electron chi connectivity index (χ0n) is 30.5. The fourth-order valence-electron chi connectivity index (χ4n) is 7.58. The zero-order valence-corrected chi connectivity index (χ0v) is 30.5. The highest BCUT2D eigenvalue weighted by Gasteiger charge is 2.21. The third-order valence-corrected chi connectivity index (χ3v) is 9.66. The number of rotatable bonds is 11. The van der Waals surface area contributed by atoms with Crippen LogP contribution in [0, 0.1) is 18.8 Å². The maximum Gasteiger partial charge on any atom is 0.137 e. The second-order valence-corrected chi connectivity index (χ2v) is 14.4. The van der Waals surface area contributed by atoms with Crippen LogP contribution >= 0.6 is 0 Å². The molecule has 3 heterocycles. The Morgan fingerprint density at radius 2 is 1.48 bits per heavy atom. The van der Waals surface area contributed by atoms with Crippen molar-refractivity contribution in [3.8, 4) is 34.1 Å². The van der Waals surface area contributed by atoms with Gasteiger partial charge in [0.25, 0.3) is 0 Å². The predicted molar refractivity (Wildman–Crippen MR) is 208 cm³/mol. The summed E-state index contributed by atoms with van der Waals surface area (Å²) in [6, 6.07) is 29.7. The number of aromatic nitrogens is 4. The summed E-state index contributed by atoms with van der Waals surface area (Å²) in [7, 11) is 0. The zero-order chi connectivity index (χ0) is 34.9. The van der Waals surface area contributed by atoms with Crippen molar-refractivity contribution in [3.05, 3.63) is 131 Å². The third-order valence-electron chi connectivity index (χ3n) is 9.66. The van der Waals surface area contributed by atoms with E-state index in [2.05, 4.69) is 126 Å². The van der Waals surface area contributed by atoms with Gasteiger partial charge in [0.1, 0.15) is 17.3 Å². The molecule has 254 valence electrons. The maximum atomic E-state index is 6.56. The summed E-state index contributed by atoms with van der Waals surface area (Å²) >= 11 is 0. The topological polar surface area (TPSA) is 44.9 Å². The first-order chi connectivity index (χ1) is 24.2. The van der Waals surface area contributed by atoms with Crippen LogP contribution in [0.4, 0.5) is 0 Å². The molecule has 50 heavy (non-hydrogen) atoms. The molecule has 0 aliphatic carbocycles. The summed E-state index contributed by atoms with van der Waals surface area (Å²) in [6.07, 6.45) is 10.3. The Morgan fingerprint density at radius 3 is 2.24 bits per heavy atom.